The van der Waals surface area contributed by atoms with Crippen molar-refractivity contribution in [2.45, 2.75) is 25.4 Å². The zero-order valence-electron chi connectivity index (χ0n) is 9.63. The van der Waals surface area contributed by atoms with E-state index in [0.717, 1.165) is 24.8 Å². The molecule has 0 aliphatic carbocycles. The third-order valence-corrected chi connectivity index (χ3v) is 3.59. The molecule has 2 saturated heterocycles. The largest absolute Gasteiger partial charge is 0.312 e. The maximum Gasteiger partial charge on any atom is 0.188 e. The second-order valence-electron chi connectivity index (χ2n) is 4.85. The molecule has 2 aliphatic rings. The van der Waals surface area contributed by atoms with Crippen LogP contribution in [-0.4, -0.2) is 50.8 Å². The van der Waals surface area contributed by atoms with E-state index in [9.17, 15) is 0 Å². The highest BCUT2D eigenvalue weighted by atomic mass is 15.6. The van der Waals surface area contributed by atoms with Crippen LogP contribution >= 0.6 is 0 Å². The molecule has 0 aromatic carbocycles. The molecule has 88 valence electrons. The molecule has 2 aliphatic heterocycles. The third-order valence-electron chi connectivity index (χ3n) is 3.59. The first kappa shape index (κ1) is 10.2. The Bertz CT molecular complexity index is 348. The predicted octanol–water partition coefficient (Wildman–Crippen LogP) is -0.606. The summed E-state index contributed by atoms with van der Waals surface area (Å²) in [4.78, 5) is 3.96. The Morgan fingerprint density at radius 3 is 3.12 bits per heavy atom. The van der Waals surface area contributed by atoms with E-state index in [1.807, 2.05) is 7.05 Å². The van der Waals surface area contributed by atoms with Crippen molar-refractivity contribution in [2.24, 2.45) is 13.0 Å². The molecule has 0 saturated carbocycles. The number of hydrogen-bond donors (Lipinski definition) is 1. The van der Waals surface area contributed by atoms with Crippen LogP contribution in [0.2, 0.25) is 0 Å². The van der Waals surface area contributed by atoms with E-state index in [-0.39, 0.29) is 0 Å². The zero-order valence-corrected chi connectivity index (χ0v) is 9.63. The van der Waals surface area contributed by atoms with Gasteiger partial charge in [-0.05, 0) is 30.5 Å². The van der Waals surface area contributed by atoms with Gasteiger partial charge in [-0.15, -0.1) is 10.2 Å². The van der Waals surface area contributed by atoms with Crippen molar-refractivity contribution in [1.29, 1.82) is 0 Å². The predicted molar refractivity (Wildman–Crippen MR) is 58.6 cm³/mol. The van der Waals surface area contributed by atoms with E-state index in [0.29, 0.717) is 6.04 Å². The molecule has 1 aromatic rings. The lowest BCUT2D eigenvalue weighted by Gasteiger charge is -2.24. The Kier molecular flexibility index (Phi) is 2.61. The van der Waals surface area contributed by atoms with Crippen LogP contribution < -0.4 is 5.32 Å². The molecule has 6 heteroatoms. The van der Waals surface area contributed by atoms with Crippen LogP contribution in [0.1, 0.15) is 18.7 Å². The topological polar surface area (TPSA) is 58.9 Å². The van der Waals surface area contributed by atoms with Gasteiger partial charge in [0.05, 0.1) is 13.6 Å². The average molecular weight is 222 g/mol. The fourth-order valence-electron chi connectivity index (χ4n) is 2.85. The smallest absolute Gasteiger partial charge is 0.188 e. The van der Waals surface area contributed by atoms with Crippen LogP contribution in [-0.2, 0) is 13.6 Å². The van der Waals surface area contributed by atoms with Gasteiger partial charge in [0, 0.05) is 19.1 Å². The highest BCUT2D eigenvalue weighted by Crippen LogP contribution is 2.25. The van der Waals surface area contributed by atoms with Crippen LogP contribution in [0.3, 0.4) is 0 Å². The van der Waals surface area contributed by atoms with Crippen LogP contribution in [0.25, 0.3) is 0 Å². The number of tetrazole rings is 1. The Hall–Kier alpha value is -1.01. The molecule has 3 rings (SSSR count). The first-order valence-electron chi connectivity index (χ1n) is 6.00. The van der Waals surface area contributed by atoms with Gasteiger partial charge in [0.2, 0.25) is 0 Å². The van der Waals surface area contributed by atoms with Crippen molar-refractivity contribution < 1.29 is 0 Å². The lowest BCUT2D eigenvalue weighted by atomic mass is 9.94. The summed E-state index contributed by atoms with van der Waals surface area (Å²) in [7, 11) is 1.81. The van der Waals surface area contributed by atoms with E-state index >= 15 is 0 Å². The SMILES string of the molecule is Cn1nnc(CN2CC3CCCNC3C2)n1. The molecule has 2 atom stereocenters. The summed E-state index contributed by atoms with van der Waals surface area (Å²) in [6.45, 7) is 4.32. The normalized spacial score (nSPS) is 30.6. The number of piperidine rings is 1. The van der Waals surface area contributed by atoms with E-state index in [4.69, 9.17) is 0 Å². The van der Waals surface area contributed by atoms with Gasteiger partial charge in [0.1, 0.15) is 0 Å². The van der Waals surface area contributed by atoms with Crippen LogP contribution in [0.4, 0.5) is 0 Å². The van der Waals surface area contributed by atoms with Crippen molar-refractivity contribution in [3.63, 3.8) is 0 Å². The van der Waals surface area contributed by atoms with Gasteiger partial charge >= 0.3 is 0 Å². The molecule has 6 nitrogen and oxygen atoms in total. The highest BCUT2D eigenvalue weighted by Gasteiger charge is 2.34. The molecular formula is C10H18N6. The molecule has 2 fully saturated rings. The second-order valence-corrected chi connectivity index (χ2v) is 4.85. The Morgan fingerprint density at radius 2 is 2.38 bits per heavy atom. The molecule has 16 heavy (non-hydrogen) atoms. The van der Waals surface area contributed by atoms with Gasteiger partial charge in [-0.25, -0.2) is 0 Å². The number of nitrogens with one attached hydrogen (secondary N) is 1. The second kappa shape index (κ2) is 4.10. The fraction of sp³-hybridized carbons (Fsp3) is 0.900. The third kappa shape index (κ3) is 1.94. The first-order valence-corrected chi connectivity index (χ1v) is 6.00. The van der Waals surface area contributed by atoms with Crippen molar-refractivity contribution in [3.8, 4) is 0 Å². The number of hydrogen-bond acceptors (Lipinski definition) is 5. The number of nitrogens with zero attached hydrogens (tertiary/aromatic N) is 5. The van der Waals surface area contributed by atoms with Crippen LogP contribution in [0, 0.1) is 5.92 Å². The number of rotatable bonds is 2. The molecular weight excluding hydrogens is 204 g/mol. The molecule has 1 aromatic heterocycles. The Morgan fingerprint density at radius 1 is 1.44 bits per heavy atom. The fourth-order valence-corrected chi connectivity index (χ4v) is 2.85. The molecule has 0 bridgehead atoms. The van der Waals surface area contributed by atoms with E-state index in [1.54, 1.807) is 0 Å². The summed E-state index contributed by atoms with van der Waals surface area (Å²) >= 11 is 0. The molecule has 3 heterocycles. The minimum atomic E-state index is 0.686. The number of fused-ring (bicyclic) bond motifs is 1. The molecule has 0 radical (unpaired) electrons. The van der Waals surface area contributed by atoms with Gasteiger partial charge < -0.3 is 5.32 Å². The number of likely N-dealkylation sites (tertiary alicyclic amines) is 1. The van der Waals surface area contributed by atoms with Crippen molar-refractivity contribution in [3.05, 3.63) is 5.82 Å². The summed E-state index contributed by atoms with van der Waals surface area (Å²) in [5.74, 6) is 1.66. The summed E-state index contributed by atoms with van der Waals surface area (Å²) in [6, 6.07) is 0.686. The summed E-state index contributed by atoms with van der Waals surface area (Å²) < 4.78 is 0. The molecule has 0 spiro atoms. The summed E-state index contributed by atoms with van der Waals surface area (Å²) in [5, 5.41) is 15.7. The zero-order chi connectivity index (χ0) is 11.0. The maximum absolute atomic E-state index is 4.22. The molecule has 0 amide bonds. The lowest BCUT2D eigenvalue weighted by molar-refractivity contribution is 0.305. The summed E-state index contributed by atoms with van der Waals surface area (Å²) in [6.07, 6.45) is 2.68. The maximum atomic E-state index is 4.22. The number of aromatic nitrogens is 4. The standard InChI is InChI=1S/C10H18N6/c1-15-13-10(12-14-15)7-16-5-8-3-2-4-11-9(8)6-16/h8-9,11H,2-7H2,1H3. The highest BCUT2D eigenvalue weighted by molar-refractivity contribution is 4.93. The van der Waals surface area contributed by atoms with Gasteiger partial charge in [-0.1, -0.05) is 0 Å². The molecule has 1 N–H and O–H groups in total. The minimum Gasteiger partial charge on any atom is -0.312 e. The van der Waals surface area contributed by atoms with Crippen molar-refractivity contribution in [1.82, 2.24) is 30.4 Å². The average Bonchev–Trinajstić information content (AvgIpc) is 2.84. The van der Waals surface area contributed by atoms with Crippen LogP contribution in [0.5, 0.6) is 0 Å². The van der Waals surface area contributed by atoms with Gasteiger partial charge in [-0.2, -0.15) is 4.80 Å². The van der Waals surface area contributed by atoms with Crippen molar-refractivity contribution in [2.75, 3.05) is 19.6 Å². The lowest BCUT2D eigenvalue weighted by Crippen LogP contribution is -2.40. The van der Waals surface area contributed by atoms with E-state index < -0.39 is 0 Å². The first-order chi connectivity index (χ1) is 7.81. The quantitative estimate of drug-likeness (QED) is 0.723. The van der Waals surface area contributed by atoms with Crippen LogP contribution in [0.15, 0.2) is 0 Å². The van der Waals surface area contributed by atoms with Gasteiger partial charge in [0.25, 0.3) is 0 Å². The number of aryl methyl sites for hydroxylation is 1. The van der Waals surface area contributed by atoms with E-state index in [2.05, 4.69) is 25.6 Å². The van der Waals surface area contributed by atoms with E-state index in [1.165, 1.54) is 30.7 Å². The Labute approximate surface area is 95.0 Å². The van der Waals surface area contributed by atoms with Gasteiger partial charge in [0.15, 0.2) is 5.82 Å². The Balaban J connectivity index is 1.61. The molecule has 2 unspecified atom stereocenters. The van der Waals surface area contributed by atoms with Crippen molar-refractivity contribution >= 4 is 0 Å². The minimum absolute atomic E-state index is 0.686. The monoisotopic (exact) mass is 222 g/mol. The summed E-state index contributed by atoms with van der Waals surface area (Å²) in [5.41, 5.74) is 0. The van der Waals surface area contributed by atoms with Gasteiger partial charge in [-0.3, -0.25) is 4.90 Å².